The van der Waals surface area contributed by atoms with Gasteiger partial charge in [-0.25, -0.2) is 0 Å². The first-order valence-electron chi connectivity index (χ1n) is 4.64. The van der Waals surface area contributed by atoms with Crippen molar-refractivity contribution in [2.45, 2.75) is 25.3 Å². The average molecular weight is 175 g/mol. The molecule has 2 rings (SSSR count). The van der Waals surface area contributed by atoms with Crippen LogP contribution in [0.3, 0.4) is 0 Å². The van der Waals surface area contributed by atoms with Gasteiger partial charge >= 0.3 is 0 Å². The Bertz CT molecular complexity index is 281. The molecule has 0 spiro atoms. The van der Waals surface area contributed by atoms with E-state index in [9.17, 15) is 0 Å². The van der Waals surface area contributed by atoms with E-state index in [-0.39, 0.29) is 0 Å². The van der Waals surface area contributed by atoms with Gasteiger partial charge in [-0.05, 0) is 31.4 Å². The van der Waals surface area contributed by atoms with E-state index in [0.29, 0.717) is 6.04 Å². The Morgan fingerprint density at radius 3 is 3.08 bits per heavy atom. The summed E-state index contributed by atoms with van der Waals surface area (Å²) in [5, 5.41) is 11.2. The van der Waals surface area contributed by atoms with Crippen molar-refractivity contribution in [1.29, 1.82) is 0 Å². The topological polar surface area (TPSA) is 37.8 Å². The fourth-order valence-corrected chi connectivity index (χ4v) is 1.51. The lowest BCUT2D eigenvalue weighted by Crippen LogP contribution is -2.20. The fourth-order valence-electron chi connectivity index (χ4n) is 1.51. The Kier molecular flexibility index (Phi) is 2.55. The standard InChI is InChI=1S/C10H13N3/c1-2-5-9(6-3-1)12-10-7-4-8-11-13-10/h1-2,4,7-9H,3,5-6H2,(H,12,13). The third-order valence-corrected chi connectivity index (χ3v) is 2.19. The molecule has 0 radical (unpaired) electrons. The minimum atomic E-state index is 0.529. The predicted molar refractivity (Wildman–Crippen MR) is 52.4 cm³/mol. The van der Waals surface area contributed by atoms with Gasteiger partial charge in [0.15, 0.2) is 0 Å². The Morgan fingerprint density at radius 1 is 1.38 bits per heavy atom. The zero-order valence-electron chi connectivity index (χ0n) is 7.48. The molecule has 1 atom stereocenters. The first kappa shape index (κ1) is 8.23. The van der Waals surface area contributed by atoms with Crippen molar-refractivity contribution >= 4 is 5.82 Å². The summed E-state index contributed by atoms with van der Waals surface area (Å²) in [6.07, 6.45) is 9.58. The maximum Gasteiger partial charge on any atom is 0.148 e. The first-order chi connectivity index (χ1) is 6.45. The smallest absolute Gasteiger partial charge is 0.148 e. The Balaban J connectivity index is 1.94. The Morgan fingerprint density at radius 2 is 2.38 bits per heavy atom. The number of hydrogen-bond donors (Lipinski definition) is 1. The molecule has 1 N–H and O–H groups in total. The molecule has 0 saturated carbocycles. The van der Waals surface area contributed by atoms with Crippen molar-refractivity contribution in [3.8, 4) is 0 Å². The summed E-state index contributed by atoms with van der Waals surface area (Å²) >= 11 is 0. The van der Waals surface area contributed by atoms with Gasteiger partial charge in [0.1, 0.15) is 5.82 Å². The first-order valence-corrected chi connectivity index (χ1v) is 4.64. The molecule has 1 aliphatic carbocycles. The zero-order chi connectivity index (χ0) is 8.93. The molecule has 0 bridgehead atoms. The molecule has 1 unspecified atom stereocenters. The third-order valence-electron chi connectivity index (χ3n) is 2.19. The molecule has 68 valence electrons. The highest BCUT2D eigenvalue weighted by Gasteiger charge is 2.09. The van der Waals surface area contributed by atoms with Crippen LogP contribution in [0.1, 0.15) is 19.3 Å². The average Bonchev–Trinajstić information content (AvgIpc) is 2.21. The van der Waals surface area contributed by atoms with Crippen LogP contribution < -0.4 is 5.32 Å². The van der Waals surface area contributed by atoms with Crippen LogP contribution in [-0.4, -0.2) is 16.2 Å². The van der Waals surface area contributed by atoms with Gasteiger partial charge in [-0.15, -0.1) is 5.10 Å². The van der Waals surface area contributed by atoms with E-state index in [1.54, 1.807) is 6.20 Å². The van der Waals surface area contributed by atoms with E-state index < -0.39 is 0 Å². The number of rotatable bonds is 2. The molecule has 1 aliphatic rings. The van der Waals surface area contributed by atoms with Crippen LogP contribution in [0.5, 0.6) is 0 Å². The number of aromatic nitrogens is 2. The molecule has 0 saturated heterocycles. The van der Waals surface area contributed by atoms with Gasteiger partial charge in [0.25, 0.3) is 0 Å². The van der Waals surface area contributed by atoms with Crippen molar-refractivity contribution < 1.29 is 0 Å². The van der Waals surface area contributed by atoms with Crippen LogP contribution in [0.4, 0.5) is 5.82 Å². The second kappa shape index (κ2) is 4.03. The van der Waals surface area contributed by atoms with Crippen molar-refractivity contribution in [3.05, 3.63) is 30.5 Å². The van der Waals surface area contributed by atoms with Crippen LogP contribution in [0, 0.1) is 0 Å². The van der Waals surface area contributed by atoms with Crippen LogP contribution in [0.2, 0.25) is 0 Å². The van der Waals surface area contributed by atoms with E-state index in [2.05, 4.69) is 27.7 Å². The maximum atomic E-state index is 3.99. The number of allylic oxidation sites excluding steroid dienone is 1. The normalized spacial score (nSPS) is 21.4. The van der Waals surface area contributed by atoms with Crippen LogP contribution in [-0.2, 0) is 0 Å². The van der Waals surface area contributed by atoms with Gasteiger partial charge in [0, 0.05) is 12.2 Å². The quantitative estimate of drug-likeness (QED) is 0.698. The molecular weight excluding hydrogens is 162 g/mol. The number of anilines is 1. The minimum absolute atomic E-state index is 0.529. The second-order valence-electron chi connectivity index (χ2n) is 3.23. The maximum absolute atomic E-state index is 3.99. The Labute approximate surface area is 77.9 Å². The van der Waals surface area contributed by atoms with Crippen LogP contribution in [0.25, 0.3) is 0 Å². The molecule has 0 amide bonds. The summed E-state index contributed by atoms with van der Waals surface area (Å²) in [5.41, 5.74) is 0. The predicted octanol–water partition coefficient (Wildman–Crippen LogP) is 2.00. The summed E-state index contributed by atoms with van der Waals surface area (Å²) in [5.74, 6) is 0.878. The molecule has 1 aromatic rings. The molecule has 1 heterocycles. The van der Waals surface area contributed by atoms with Gasteiger partial charge in [-0.1, -0.05) is 12.2 Å². The molecular formula is C10H13N3. The highest BCUT2D eigenvalue weighted by molar-refractivity contribution is 5.33. The van der Waals surface area contributed by atoms with Gasteiger partial charge in [0.05, 0.1) is 0 Å². The van der Waals surface area contributed by atoms with Gasteiger partial charge in [0.2, 0.25) is 0 Å². The fraction of sp³-hybridized carbons (Fsp3) is 0.400. The van der Waals surface area contributed by atoms with Crippen molar-refractivity contribution in [3.63, 3.8) is 0 Å². The van der Waals surface area contributed by atoms with Crippen LogP contribution in [0.15, 0.2) is 30.5 Å². The lowest BCUT2D eigenvalue weighted by molar-refractivity contribution is 0.640. The molecule has 3 nitrogen and oxygen atoms in total. The van der Waals surface area contributed by atoms with Crippen molar-refractivity contribution in [1.82, 2.24) is 10.2 Å². The second-order valence-corrected chi connectivity index (χ2v) is 3.23. The van der Waals surface area contributed by atoms with E-state index in [1.807, 2.05) is 12.1 Å². The van der Waals surface area contributed by atoms with Gasteiger partial charge in [-0.3, -0.25) is 0 Å². The monoisotopic (exact) mass is 175 g/mol. The molecule has 1 aromatic heterocycles. The number of nitrogens with zero attached hydrogens (tertiary/aromatic N) is 2. The van der Waals surface area contributed by atoms with E-state index >= 15 is 0 Å². The summed E-state index contributed by atoms with van der Waals surface area (Å²) in [6.45, 7) is 0. The lowest BCUT2D eigenvalue weighted by atomic mass is 10.0. The van der Waals surface area contributed by atoms with Gasteiger partial charge in [-0.2, -0.15) is 5.10 Å². The molecule has 0 aliphatic heterocycles. The van der Waals surface area contributed by atoms with E-state index in [0.717, 1.165) is 18.7 Å². The van der Waals surface area contributed by atoms with Gasteiger partial charge < -0.3 is 5.32 Å². The molecule has 0 aromatic carbocycles. The van der Waals surface area contributed by atoms with E-state index in [1.165, 1.54) is 6.42 Å². The highest BCUT2D eigenvalue weighted by atomic mass is 15.2. The molecule has 13 heavy (non-hydrogen) atoms. The van der Waals surface area contributed by atoms with Crippen LogP contribution >= 0.6 is 0 Å². The zero-order valence-corrected chi connectivity index (χ0v) is 7.48. The Hall–Kier alpha value is -1.38. The summed E-state index contributed by atoms with van der Waals surface area (Å²) in [7, 11) is 0. The summed E-state index contributed by atoms with van der Waals surface area (Å²) in [4.78, 5) is 0. The number of hydrogen-bond acceptors (Lipinski definition) is 3. The SMILES string of the molecule is C1=CCC(Nc2cccnn2)CC1. The summed E-state index contributed by atoms with van der Waals surface area (Å²) in [6, 6.07) is 4.38. The third kappa shape index (κ3) is 2.28. The summed E-state index contributed by atoms with van der Waals surface area (Å²) < 4.78 is 0. The van der Waals surface area contributed by atoms with Crippen molar-refractivity contribution in [2.24, 2.45) is 0 Å². The highest BCUT2D eigenvalue weighted by Crippen LogP contribution is 2.14. The largest absolute Gasteiger partial charge is 0.366 e. The molecule has 0 fully saturated rings. The lowest BCUT2D eigenvalue weighted by Gasteiger charge is -2.19. The molecule has 3 heteroatoms. The van der Waals surface area contributed by atoms with Crippen molar-refractivity contribution in [2.75, 3.05) is 5.32 Å². The minimum Gasteiger partial charge on any atom is -0.366 e. The van der Waals surface area contributed by atoms with E-state index in [4.69, 9.17) is 0 Å². The number of nitrogens with one attached hydrogen (secondary N) is 1.